The SMILES string of the molecule is c1ccc(N(c2ccccc2)c2ccc3c(c2)c2cccc4c5cc6c7cccc8c9cc(N(c%10ccccc%10)c%10ccccc%10)ccc9n(c6cc5n3c24)c87)cc1. The van der Waals surface area contributed by atoms with Gasteiger partial charge in [0.25, 0.3) is 0 Å². The lowest BCUT2D eigenvalue weighted by atomic mass is 10.0. The van der Waals surface area contributed by atoms with Gasteiger partial charge in [0.1, 0.15) is 0 Å². The molecule has 4 heterocycles. The van der Waals surface area contributed by atoms with Crippen LogP contribution >= 0.6 is 0 Å². The van der Waals surface area contributed by atoms with Crippen molar-refractivity contribution in [3.8, 4) is 0 Å². The molecule has 0 atom stereocenters. The monoisotopic (exact) mass is 738 g/mol. The van der Waals surface area contributed by atoms with E-state index in [0.29, 0.717) is 0 Å². The van der Waals surface area contributed by atoms with Crippen LogP contribution in [0.3, 0.4) is 0 Å². The summed E-state index contributed by atoms with van der Waals surface area (Å²) >= 11 is 0. The molecule has 13 rings (SSSR count). The minimum absolute atomic E-state index is 1.13. The van der Waals surface area contributed by atoms with E-state index in [0.717, 1.165) is 34.1 Å². The highest BCUT2D eigenvalue weighted by Crippen LogP contribution is 2.47. The summed E-state index contributed by atoms with van der Waals surface area (Å²) in [5.74, 6) is 0. The molecular weight excluding hydrogens is 705 g/mol. The van der Waals surface area contributed by atoms with Gasteiger partial charge in [-0.3, -0.25) is 0 Å². The van der Waals surface area contributed by atoms with Crippen molar-refractivity contribution >= 4 is 110 Å². The van der Waals surface area contributed by atoms with E-state index < -0.39 is 0 Å². The Kier molecular flexibility index (Phi) is 6.41. The highest BCUT2D eigenvalue weighted by Gasteiger charge is 2.24. The van der Waals surface area contributed by atoms with Crippen molar-refractivity contribution in [1.29, 1.82) is 0 Å². The van der Waals surface area contributed by atoms with E-state index in [2.05, 4.69) is 225 Å². The first kappa shape index (κ1) is 31.4. The van der Waals surface area contributed by atoms with E-state index in [4.69, 9.17) is 0 Å². The summed E-state index contributed by atoms with van der Waals surface area (Å²) in [6.07, 6.45) is 0. The minimum Gasteiger partial charge on any atom is -0.310 e. The molecule has 0 unspecified atom stereocenters. The summed E-state index contributed by atoms with van der Waals surface area (Å²) < 4.78 is 5.02. The van der Waals surface area contributed by atoms with Gasteiger partial charge < -0.3 is 18.6 Å². The van der Waals surface area contributed by atoms with Crippen LogP contribution in [0, 0.1) is 0 Å². The lowest BCUT2D eigenvalue weighted by Crippen LogP contribution is -2.09. The van der Waals surface area contributed by atoms with E-state index in [1.807, 2.05) is 0 Å². The Bertz CT molecular complexity index is 3340. The van der Waals surface area contributed by atoms with E-state index in [-0.39, 0.29) is 0 Å². The Morgan fingerprint density at radius 2 is 0.552 bits per heavy atom. The first-order chi connectivity index (χ1) is 28.8. The van der Waals surface area contributed by atoms with Gasteiger partial charge in [0.15, 0.2) is 0 Å². The van der Waals surface area contributed by atoms with Gasteiger partial charge in [0, 0.05) is 77.2 Å². The lowest BCUT2D eigenvalue weighted by Gasteiger charge is -2.25. The molecule has 0 spiro atoms. The number of anilines is 6. The molecule has 9 aromatic carbocycles. The minimum atomic E-state index is 1.13. The molecule has 4 aromatic heterocycles. The third-order valence-corrected chi connectivity index (χ3v) is 12.3. The molecule has 0 aliphatic heterocycles. The number of benzene rings is 9. The number of fused-ring (bicyclic) bond motifs is 12. The molecule has 4 nitrogen and oxygen atoms in total. The predicted octanol–water partition coefficient (Wildman–Crippen LogP) is 14.9. The van der Waals surface area contributed by atoms with Crippen LogP contribution in [-0.4, -0.2) is 8.80 Å². The normalized spacial score (nSPS) is 12.1. The first-order valence-corrected chi connectivity index (χ1v) is 19.9. The molecule has 0 aliphatic carbocycles. The largest absolute Gasteiger partial charge is 0.310 e. The van der Waals surface area contributed by atoms with E-state index in [1.165, 1.54) is 76.2 Å². The van der Waals surface area contributed by atoms with Gasteiger partial charge in [-0.05, 0) is 97.1 Å². The fraction of sp³-hybridized carbons (Fsp3) is 0. The van der Waals surface area contributed by atoms with Gasteiger partial charge in [-0.25, -0.2) is 0 Å². The second kappa shape index (κ2) is 11.8. The van der Waals surface area contributed by atoms with Crippen molar-refractivity contribution in [3.63, 3.8) is 0 Å². The molecule has 0 N–H and O–H groups in total. The van der Waals surface area contributed by atoms with Gasteiger partial charge in [-0.1, -0.05) is 109 Å². The molecule has 13 aromatic rings. The topological polar surface area (TPSA) is 15.3 Å². The number of para-hydroxylation sites is 6. The second-order valence-corrected chi connectivity index (χ2v) is 15.4. The van der Waals surface area contributed by atoms with Crippen molar-refractivity contribution < 1.29 is 0 Å². The summed E-state index contributed by atoms with van der Waals surface area (Å²) in [4.78, 5) is 4.70. The van der Waals surface area contributed by atoms with Gasteiger partial charge in [0.2, 0.25) is 0 Å². The Hall–Kier alpha value is -7.82. The summed E-state index contributed by atoms with van der Waals surface area (Å²) in [6.45, 7) is 0. The quantitative estimate of drug-likeness (QED) is 0.169. The zero-order chi connectivity index (χ0) is 37.9. The molecule has 0 bridgehead atoms. The van der Waals surface area contributed by atoms with Crippen molar-refractivity contribution in [2.45, 2.75) is 0 Å². The van der Waals surface area contributed by atoms with Crippen molar-refractivity contribution in [3.05, 3.63) is 206 Å². The van der Waals surface area contributed by atoms with Crippen molar-refractivity contribution in [2.24, 2.45) is 0 Å². The van der Waals surface area contributed by atoms with Crippen LogP contribution in [0.15, 0.2) is 206 Å². The summed E-state index contributed by atoms with van der Waals surface area (Å²) in [6, 6.07) is 75.1. The molecule has 4 heteroatoms. The van der Waals surface area contributed by atoms with E-state index >= 15 is 0 Å². The predicted molar refractivity (Wildman–Crippen MR) is 245 cm³/mol. The molecule has 0 aliphatic rings. The van der Waals surface area contributed by atoms with Crippen LogP contribution < -0.4 is 9.80 Å². The van der Waals surface area contributed by atoms with Crippen LogP contribution in [0.2, 0.25) is 0 Å². The maximum atomic E-state index is 2.51. The molecule has 270 valence electrons. The second-order valence-electron chi connectivity index (χ2n) is 15.4. The zero-order valence-electron chi connectivity index (χ0n) is 31.4. The maximum Gasteiger partial charge on any atom is 0.0620 e. The van der Waals surface area contributed by atoms with Crippen LogP contribution in [0.4, 0.5) is 34.1 Å². The number of nitrogens with zero attached hydrogens (tertiary/aromatic N) is 4. The average molecular weight is 739 g/mol. The van der Waals surface area contributed by atoms with Gasteiger partial charge in [-0.2, -0.15) is 0 Å². The number of rotatable bonds is 6. The number of hydrogen-bond acceptors (Lipinski definition) is 2. The Morgan fingerprint density at radius 1 is 0.224 bits per heavy atom. The highest BCUT2D eigenvalue weighted by molar-refractivity contribution is 6.29. The molecule has 0 saturated carbocycles. The maximum absolute atomic E-state index is 2.51. The third-order valence-electron chi connectivity index (χ3n) is 12.3. The summed E-state index contributed by atoms with van der Waals surface area (Å²) in [5, 5.41) is 10.2. The van der Waals surface area contributed by atoms with Gasteiger partial charge >= 0.3 is 0 Å². The van der Waals surface area contributed by atoms with Crippen molar-refractivity contribution in [1.82, 2.24) is 8.80 Å². The van der Waals surface area contributed by atoms with Crippen LogP contribution in [0.25, 0.3) is 76.2 Å². The first-order valence-electron chi connectivity index (χ1n) is 19.9. The third kappa shape index (κ3) is 4.29. The molecule has 0 radical (unpaired) electrons. The standard InChI is InChI=1S/C54H34N4/c1-5-15-35(16-6-1)55(36-17-7-2-8-18-36)39-27-29-49-45(31-39)41-23-13-25-43-47-33-48-44-26-14-24-42-46-32-40(56(37-19-9-3-10-20-37)38-21-11-4-12-22-38)28-30-50(46)58(54(42)44)52(48)34-51(47)57(49)53(41)43/h1-34H. The van der Waals surface area contributed by atoms with E-state index in [9.17, 15) is 0 Å². The van der Waals surface area contributed by atoms with Crippen molar-refractivity contribution in [2.75, 3.05) is 9.80 Å². The summed E-state index contributed by atoms with van der Waals surface area (Å²) in [5.41, 5.74) is 14.3. The number of aromatic nitrogens is 2. The molecule has 0 fully saturated rings. The Labute approximate surface area is 333 Å². The van der Waals surface area contributed by atoms with Crippen LogP contribution in [0.5, 0.6) is 0 Å². The Balaban J connectivity index is 1.05. The molecule has 0 saturated heterocycles. The lowest BCUT2D eigenvalue weighted by molar-refractivity contribution is 1.28. The molecular formula is C54H34N4. The van der Waals surface area contributed by atoms with Crippen LogP contribution in [0.1, 0.15) is 0 Å². The molecule has 58 heavy (non-hydrogen) atoms. The van der Waals surface area contributed by atoms with Crippen LogP contribution in [-0.2, 0) is 0 Å². The smallest absolute Gasteiger partial charge is 0.0620 e. The fourth-order valence-corrected chi connectivity index (χ4v) is 9.91. The number of hydrogen-bond donors (Lipinski definition) is 0. The van der Waals surface area contributed by atoms with E-state index in [1.54, 1.807) is 0 Å². The zero-order valence-corrected chi connectivity index (χ0v) is 31.4. The van der Waals surface area contributed by atoms with Gasteiger partial charge in [0.05, 0.1) is 33.1 Å². The summed E-state index contributed by atoms with van der Waals surface area (Å²) in [7, 11) is 0. The highest BCUT2D eigenvalue weighted by atomic mass is 15.1. The Morgan fingerprint density at radius 3 is 0.897 bits per heavy atom. The average Bonchev–Trinajstić information content (AvgIpc) is 4.01. The fourth-order valence-electron chi connectivity index (χ4n) is 9.91. The molecule has 0 amide bonds. The van der Waals surface area contributed by atoms with Gasteiger partial charge in [-0.15, -0.1) is 0 Å².